The van der Waals surface area contributed by atoms with Crippen LogP contribution < -0.4 is 10.6 Å². The van der Waals surface area contributed by atoms with E-state index in [1.807, 2.05) is 0 Å². The van der Waals surface area contributed by atoms with Gasteiger partial charge in [0.2, 0.25) is 0 Å². The van der Waals surface area contributed by atoms with Gasteiger partial charge in [-0.15, -0.1) is 6.58 Å². The third-order valence-corrected chi connectivity index (χ3v) is 1.50. The van der Waals surface area contributed by atoms with Crippen LogP contribution in [0.5, 0.6) is 0 Å². The van der Waals surface area contributed by atoms with E-state index < -0.39 is 6.03 Å². The molecular weight excluding hydrogens is 166 g/mol. The number of hydrogen-bond donors (Lipinski definition) is 1. The minimum atomic E-state index is -0.529. The second-order valence-corrected chi connectivity index (χ2v) is 2.43. The van der Waals surface area contributed by atoms with Crippen molar-refractivity contribution in [1.29, 1.82) is 0 Å². The molecular formula is C9H11N3O. The van der Waals surface area contributed by atoms with Crippen molar-refractivity contribution >= 4 is 11.8 Å². The number of urea groups is 1. The summed E-state index contributed by atoms with van der Waals surface area (Å²) in [6, 6.07) is 4.75. The minimum absolute atomic E-state index is 0.367. The molecule has 1 rings (SSSR count). The highest BCUT2D eigenvalue weighted by atomic mass is 16.2. The molecule has 0 aliphatic rings. The molecule has 1 aromatic heterocycles. The summed E-state index contributed by atoms with van der Waals surface area (Å²) in [5.41, 5.74) is 5.15. The van der Waals surface area contributed by atoms with Crippen LogP contribution in [0, 0.1) is 0 Å². The Morgan fingerprint density at radius 2 is 2.46 bits per heavy atom. The number of carbonyl (C=O) groups excluding carboxylic acids is 1. The number of carbonyl (C=O) groups is 1. The summed E-state index contributed by atoms with van der Waals surface area (Å²) in [6.45, 7) is 3.90. The third-order valence-electron chi connectivity index (χ3n) is 1.50. The molecule has 1 heterocycles. The molecule has 13 heavy (non-hydrogen) atoms. The fourth-order valence-electron chi connectivity index (χ4n) is 0.939. The second-order valence-electron chi connectivity index (χ2n) is 2.43. The van der Waals surface area contributed by atoms with Crippen LogP contribution in [0.15, 0.2) is 37.1 Å². The van der Waals surface area contributed by atoms with Crippen molar-refractivity contribution in [3.63, 3.8) is 0 Å². The zero-order valence-corrected chi connectivity index (χ0v) is 7.18. The highest BCUT2D eigenvalue weighted by molar-refractivity contribution is 5.89. The Bertz CT molecular complexity index is 297. The van der Waals surface area contributed by atoms with Gasteiger partial charge in [-0.1, -0.05) is 12.1 Å². The van der Waals surface area contributed by atoms with E-state index in [0.29, 0.717) is 12.4 Å². The van der Waals surface area contributed by atoms with E-state index >= 15 is 0 Å². The summed E-state index contributed by atoms with van der Waals surface area (Å²) in [5, 5.41) is 0. The maximum atomic E-state index is 11.0. The standard InChI is InChI=1S/C9H11N3O/c1-2-7-12(9(10)13)8-5-3-4-6-11-8/h2-6H,1,7H2,(H2,10,13). The number of aromatic nitrogens is 1. The molecule has 0 aliphatic carbocycles. The lowest BCUT2D eigenvalue weighted by Crippen LogP contribution is -2.36. The van der Waals surface area contributed by atoms with Crippen LogP contribution in [0.1, 0.15) is 0 Å². The van der Waals surface area contributed by atoms with Crippen molar-refractivity contribution in [2.45, 2.75) is 0 Å². The van der Waals surface area contributed by atoms with Crippen LogP contribution in [0.4, 0.5) is 10.6 Å². The first-order chi connectivity index (χ1) is 6.25. The fraction of sp³-hybridized carbons (Fsp3) is 0.111. The van der Waals surface area contributed by atoms with Crippen molar-refractivity contribution in [2.75, 3.05) is 11.4 Å². The lowest BCUT2D eigenvalue weighted by Gasteiger charge is -2.16. The summed E-state index contributed by atoms with van der Waals surface area (Å²) < 4.78 is 0. The van der Waals surface area contributed by atoms with E-state index in [9.17, 15) is 4.79 Å². The van der Waals surface area contributed by atoms with Crippen LogP contribution in [0.3, 0.4) is 0 Å². The van der Waals surface area contributed by atoms with E-state index in [0.717, 1.165) is 0 Å². The number of nitrogens with zero attached hydrogens (tertiary/aromatic N) is 2. The molecule has 0 spiro atoms. The van der Waals surface area contributed by atoms with Gasteiger partial charge in [0, 0.05) is 12.7 Å². The van der Waals surface area contributed by atoms with Crippen LogP contribution in [-0.4, -0.2) is 17.6 Å². The summed E-state index contributed by atoms with van der Waals surface area (Å²) in [4.78, 5) is 16.3. The van der Waals surface area contributed by atoms with Crippen LogP contribution in [0.2, 0.25) is 0 Å². The van der Waals surface area contributed by atoms with Gasteiger partial charge in [0.1, 0.15) is 5.82 Å². The van der Waals surface area contributed by atoms with Crippen molar-refractivity contribution in [3.05, 3.63) is 37.1 Å². The van der Waals surface area contributed by atoms with E-state index in [-0.39, 0.29) is 0 Å². The van der Waals surface area contributed by atoms with Gasteiger partial charge in [0.05, 0.1) is 0 Å². The average molecular weight is 177 g/mol. The summed E-state index contributed by atoms with van der Waals surface area (Å²) in [7, 11) is 0. The first-order valence-corrected chi connectivity index (χ1v) is 3.84. The van der Waals surface area contributed by atoms with Crippen molar-refractivity contribution in [2.24, 2.45) is 5.73 Å². The normalized spacial score (nSPS) is 9.23. The van der Waals surface area contributed by atoms with Gasteiger partial charge in [0.25, 0.3) is 0 Å². The molecule has 0 saturated carbocycles. The average Bonchev–Trinajstić information content (AvgIpc) is 2.15. The Labute approximate surface area is 76.7 Å². The molecule has 4 nitrogen and oxygen atoms in total. The largest absolute Gasteiger partial charge is 0.351 e. The molecule has 1 aromatic rings. The SMILES string of the molecule is C=CCN(C(N)=O)c1ccccn1. The van der Waals surface area contributed by atoms with E-state index in [2.05, 4.69) is 11.6 Å². The highest BCUT2D eigenvalue weighted by Crippen LogP contribution is 2.07. The fourth-order valence-corrected chi connectivity index (χ4v) is 0.939. The maximum Gasteiger partial charge on any atom is 0.320 e. The number of pyridine rings is 1. The molecule has 2 amide bonds. The Morgan fingerprint density at radius 3 is 2.92 bits per heavy atom. The summed E-state index contributed by atoms with van der Waals surface area (Å²) in [6.07, 6.45) is 3.20. The molecule has 0 aliphatic heterocycles. The number of primary amides is 1. The zero-order valence-electron chi connectivity index (χ0n) is 7.18. The topological polar surface area (TPSA) is 59.2 Å². The molecule has 0 fully saturated rings. The zero-order chi connectivity index (χ0) is 9.68. The van der Waals surface area contributed by atoms with Crippen molar-refractivity contribution in [3.8, 4) is 0 Å². The molecule has 0 radical (unpaired) electrons. The first-order valence-electron chi connectivity index (χ1n) is 3.84. The lowest BCUT2D eigenvalue weighted by molar-refractivity contribution is 0.254. The lowest BCUT2D eigenvalue weighted by atomic mass is 10.4. The van der Waals surface area contributed by atoms with E-state index in [1.54, 1.807) is 30.5 Å². The van der Waals surface area contributed by atoms with Gasteiger partial charge < -0.3 is 5.73 Å². The van der Waals surface area contributed by atoms with Crippen LogP contribution >= 0.6 is 0 Å². The summed E-state index contributed by atoms with van der Waals surface area (Å²) in [5.74, 6) is 0.537. The number of nitrogens with two attached hydrogens (primary N) is 1. The Kier molecular flexibility index (Phi) is 3.03. The molecule has 2 N–H and O–H groups in total. The second kappa shape index (κ2) is 4.25. The Balaban J connectivity index is 2.88. The van der Waals surface area contributed by atoms with Gasteiger partial charge in [-0.05, 0) is 12.1 Å². The summed E-state index contributed by atoms with van der Waals surface area (Å²) >= 11 is 0. The van der Waals surface area contributed by atoms with Gasteiger partial charge in [-0.2, -0.15) is 0 Å². The Hall–Kier alpha value is -1.84. The van der Waals surface area contributed by atoms with E-state index in [1.165, 1.54) is 4.90 Å². The molecule has 68 valence electrons. The molecule has 0 atom stereocenters. The Morgan fingerprint density at radius 1 is 1.69 bits per heavy atom. The van der Waals surface area contributed by atoms with Gasteiger partial charge >= 0.3 is 6.03 Å². The number of hydrogen-bond acceptors (Lipinski definition) is 2. The number of anilines is 1. The van der Waals surface area contributed by atoms with E-state index in [4.69, 9.17) is 5.73 Å². The minimum Gasteiger partial charge on any atom is -0.351 e. The predicted molar refractivity (Wildman–Crippen MR) is 51.4 cm³/mol. The maximum absolute atomic E-state index is 11.0. The first kappa shape index (κ1) is 9.25. The number of rotatable bonds is 3. The van der Waals surface area contributed by atoms with Crippen molar-refractivity contribution < 1.29 is 4.79 Å². The van der Waals surface area contributed by atoms with Gasteiger partial charge in [-0.25, -0.2) is 9.78 Å². The van der Waals surface area contributed by atoms with Crippen LogP contribution in [0.25, 0.3) is 0 Å². The smallest absolute Gasteiger partial charge is 0.320 e. The highest BCUT2D eigenvalue weighted by Gasteiger charge is 2.10. The third kappa shape index (κ3) is 2.30. The van der Waals surface area contributed by atoms with Gasteiger partial charge in [0.15, 0.2) is 0 Å². The molecule has 0 saturated heterocycles. The molecule has 0 unspecified atom stereocenters. The molecule has 4 heteroatoms. The predicted octanol–water partition coefficient (Wildman–Crippen LogP) is 1.15. The van der Waals surface area contributed by atoms with Crippen LogP contribution in [-0.2, 0) is 0 Å². The molecule has 0 bridgehead atoms. The monoisotopic (exact) mass is 177 g/mol. The van der Waals surface area contributed by atoms with Crippen molar-refractivity contribution in [1.82, 2.24) is 4.98 Å². The van der Waals surface area contributed by atoms with Gasteiger partial charge in [-0.3, -0.25) is 4.90 Å². The quantitative estimate of drug-likeness (QED) is 0.704. The molecule has 0 aromatic carbocycles. The number of amides is 2.